The van der Waals surface area contributed by atoms with Crippen molar-refractivity contribution in [3.05, 3.63) is 17.7 Å². The molecule has 0 radical (unpaired) electrons. The van der Waals surface area contributed by atoms with E-state index in [2.05, 4.69) is 5.32 Å². The van der Waals surface area contributed by atoms with Crippen molar-refractivity contribution in [2.75, 3.05) is 27.3 Å². The summed E-state index contributed by atoms with van der Waals surface area (Å²) < 4.78 is 10.3. The number of ether oxygens (including phenoxy) is 2. The van der Waals surface area contributed by atoms with Gasteiger partial charge >= 0.3 is 0 Å². The van der Waals surface area contributed by atoms with Crippen LogP contribution >= 0.6 is 0 Å². The third-order valence-corrected chi connectivity index (χ3v) is 4.54. The number of aromatic hydroxyl groups is 1. The van der Waals surface area contributed by atoms with Gasteiger partial charge in [0.05, 0.1) is 20.6 Å². The Balaban J connectivity index is 2.04. The second-order valence-electron chi connectivity index (χ2n) is 6.87. The van der Waals surface area contributed by atoms with Crippen molar-refractivity contribution < 1.29 is 24.2 Å². The fourth-order valence-corrected chi connectivity index (χ4v) is 3.03. The number of methoxy groups -OCH3 is 2. The number of phenols is 1. The van der Waals surface area contributed by atoms with Crippen molar-refractivity contribution >= 4 is 11.8 Å². The molecule has 1 saturated heterocycles. The van der Waals surface area contributed by atoms with E-state index in [4.69, 9.17) is 9.47 Å². The molecule has 2 rings (SSSR count). The number of hydrogen-bond acceptors (Lipinski definition) is 5. The van der Waals surface area contributed by atoms with Crippen LogP contribution in [0.3, 0.4) is 0 Å². The molecule has 1 fully saturated rings. The van der Waals surface area contributed by atoms with Gasteiger partial charge in [0.2, 0.25) is 17.6 Å². The second-order valence-corrected chi connectivity index (χ2v) is 6.87. The molecule has 1 heterocycles. The average Bonchev–Trinajstić information content (AvgIpc) is 2.62. The molecule has 0 aromatic heterocycles. The summed E-state index contributed by atoms with van der Waals surface area (Å²) >= 11 is 0. The van der Waals surface area contributed by atoms with Crippen molar-refractivity contribution in [2.24, 2.45) is 5.92 Å². The minimum absolute atomic E-state index is 0.00788. The van der Waals surface area contributed by atoms with Crippen molar-refractivity contribution in [1.82, 2.24) is 10.2 Å². The fourth-order valence-electron chi connectivity index (χ4n) is 3.03. The molecule has 0 bridgehead atoms. The van der Waals surface area contributed by atoms with Crippen molar-refractivity contribution in [1.29, 1.82) is 0 Å². The first-order valence-electron chi connectivity index (χ1n) is 8.87. The number of amides is 2. The monoisotopic (exact) mass is 364 g/mol. The maximum Gasteiger partial charge on any atom is 0.227 e. The van der Waals surface area contributed by atoms with E-state index in [0.29, 0.717) is 18.7 Å². The van der Waals surface area contributed by atoms with E-state index in [0.717, 1.165) is 12.8 Å². The number of carbonyl (C=O) groups excluding carboxylic acids is 2. The number of phenolic OH excluding ortho intramolecular Hbond substituents is 1. The number of nitrogens with zero attached hydrogens (tertiary/aromatic N) is 1. The first kappa shape index (κ1) is 19.9. The molecule has 7 heteroatoms. The summed E-state index contributed by atoms with van der Waals surface area (Å²) in [6.45, 7) is 4.90. The summed E-state index contributed by atoms with van der Waals surface area (Å²) in [5, 5.41) is 13.0. The lowest BCUT2D eigenvalue weighted by molar-refractivity contribution is -0.133. The molecule has 2 amide bonds. The van der Waals surface area contributed by atoms with Gasteiger partial charge in [0.15, 0.2) is 11.5 Å². The lowest BCUT2D eigenvalue weighted by atomic mass is 10.0. The zero-order valence-electron chi connectivity index (χ0n) is 15.9. The van der Waals surface area contributed by atoms with Gasteiger partial charge in [-0.1, -0.05) is 13.8 Å². The minimum atomic E-state index is -0.0827. The quantitative estimate of drug-likeness (QED) is 0.802. The number of likely N-dealkylation sites (tertiary alicyclic amines) is 1. The molecule has 0 unspecified atom stereocenters. The highest BCUT2D eigenvalue weighted by atomic mass is 16.5. The molecule has 144 valence electrons. The molecule has 1 atom stereocenters. The van der Waals surface area contributed by atoms with Crippen LogP contribution in [0.25, 0.3) is 0 Å². The summed E-state index contributed by atoms with van der Waals surface area (Å²) in [5.41, 5.74) is 0.704. The molecule has 0 spiro atoms. The van der Waals surface area contributed by atoms with Gasteiger partial charge in [0, 0.05) is 25.0 Å². The molecule has 0 aliphatic carbocycles. The molecule has 26 heavy (non-hydrogen) atoms. The normalized spacial score (nSPS) is 17.1. The van der Waals surface area contributed by atoms with Crippen LogP contribution in [0.5, 0.6) is 17.2 Å². The maximum absolute atomic E-state index is 12.7. The molecule has 1 aromatic carbocycles. The Kier molecular flexibility index (Phi) is 6.71. The molecular formula is C19H28N2O5. The second kappa shape index (κ2) is 8.78. The zero-order valence-corrected chi connectivity index (χ0v) is 15.9. The number of hydrogen-bond donors (Lipinski definition) is 2. The van der Waals surface area contributed by atoms with E-state index in [9.17, 15) is 14.7 Å². The predicted octanol–water partition coefficient (Wildman–Crippen LogP) is 1.72. The highest BCUT2D eigenvalue weighted by Crippen LogP contribution is 2.37. The Bertz CT molecular complexity index is 634. The van der Waals surface area contributed by atoms with E-state index >= 15 is 0 Å². The molecule has 7 nitrogen and oxygen atoms in total. The van der Waals surface area contributed by atoms with E-state index < -0.39 is 0 Å². The topological polar surface area (TPSA) is 88.1 Å². The Morgan fingerprint density at radius 2 is 1.88 bits per heavy atom. The standard InChI is InChI=1S/C19H28N2O5/c1-12(2)19(24)20-14-6-5-7-21(11-14)17(22)10-13-8-15(25-3)18(23)16(9-13)26-4/h8-9,12,14,23H,5-7,10-11H2,1-4H3,(H,20,24)/t14-/m1/s1. The molecule has 1 aliphatic heterocycles. The first-order chi connectivity index (χ1) is 12.3. The predicted molar refractivity (Wildman–Crippen MR) is 97.5 cm³/mol. The first-order valence-corrected chi connectivity index (χ1v) is 8.87. The van der Waals surface area contributed by atoms with Gasteiger partial charge in [-0.2, -0.15) is 0 Å². The Labute approximate surface area is 154 Å². The summed E-state index contributed by atoms with van der Waals surface area (Å²) in [5.74, 6) is 0.375. The SMILES string of the molecule is COc1cc(CC(=O)N2CCC[C@@H](NC(=O)C(C)C)C2)cc(OC)c1O. The van der Waals surface area contributed by atoms with Gasteiger partial charge < -0.3 is 24.8 Å². The van der Waals surface area contributed by atoms with Gasteiger partial charge in [-0.15, -0.1) is 0 Å². The van der Waals surface area contributed by atoms with E-state index in [-0.39, 0.29) is 47.4 Å². The average molecular weight is 364 g/mol. The lowest BCUT2D eigenvalue weighted by Gasteiger charge is -2.33. The van der Waals surface area contributed by atoms with Crippen LogP contribution in [0.4, 0.5) is 0 Å². The van der Waals surface area contributed by atoms with Crippen LogP contribution in [-0.4, -0.2) is 55.2 Å². The van der Waals surface area contributed by atoms with Crippen LogP contribution in [0.2, 0.25) is 0 Å². The molecule has 2 N–H and O–H groups in total. The lowest BCUT2D eigenvalue weighted by Crippen LogP contribution is -2.50. The highest BCUT2D eigenvalue weighted by Gasteiger charge is 2.26. The van der Waals surface area contributed by atoms with Crippen LogP contribution in [0.1, 0.15) is 32.3 Å². The Morgan fingerprint density at radius 1 is 1.27 bits per heavy atom. The van der Waals surface area contributed by atoms with Crippen molar-refractivity contribution in [3.8, 4) is 17.2 Å². The van der Waals surface area contributed by atoms with Gasteiger partial charge in [-0.05, 0) is 30.5 Å². The third-order valence-electron chi connectivity index (χ3n) is 4.54. The van der Waals surface area contributed by atoms with E-state index in [1.807, 2.05) is 13.8 Å². The van der Waals surface area contributed by atoms with Gasteiger partial charge in [0.25, 0.3) is 0 Å². The third kappa shape index (κ3) is 4.80. The van der Waals surface area contributed by atoms with Crippen LogP contribution in [0.15, 0.2) is 12.1 Å². The Hall–Kier alpha value is -2.44. The summed E-state index contributed by atoms with van der Waals surface area (Å²) in [6, 6.07) is 3.27. The minimum Gasteiger partial charge on any atom is -0.502 e. The molecule has 1 aliphatic rings. The number of rotatable bonds is 6. The highest BCUT2D eigenvalue weighted by molar-refractivity contribution is 5.80. The van der Waals surface area contributed by atoms with Crippen molar-refractivity contribution in [2.45, 2.75) is 39.2 Å². The van der Waals surface area contributed by atoms with Gasteiger partial charge in [-0.3, -0.25) is 9.59 Å². The van der Waals surface area contributed by atoms with Crippen molar-refractivity contribution in [3.63, 3.8) is 0 Å². The summed E-state index contributed by atoms with van der Waals surface area (Å²) in [6.07, 6.45) is 1.91. The number of nitrogens with one attached hydrogen (secondary N) is 1. The summed E-state index contributed by atoms with van der Waals surface area (Å²) in [4.78, 5) is 26.3. The summed E-state index contributed by atoms with van der Waals surface area (Å²) in [7, 11) is 2.90. The van der Waals surface area contributed by atoms with Crippen LogP contribution in [0, 0.1) is 5.92 Å². The van der Waals surface area contributed by atoms with Gasteiger partial charge in [-0.25, -0.2) is 0 Å². The maximum atomic E-state index is 12.7. The largest absolute Gasteiger partial charge is 0.502 e. The Morgan fingerprint density at radius 3 is 2.42 bits per heavy atom. The van der Waals surface area contributed by atoms with Crippen LogP contribution < -0.4 is 14.8 Å². The van der Waals surface area contributed by atoms with Gasteiger partial charge in [0.1, 0.15) is 0 Å². The van der Waals surface area contributed by atoms with E-state index in [1.54, 1.807) is 17.0 Å². The molecule has 0 saturated carbocycles. The number of benzene rings is 1. The smallest absolute Gasteiger partial charge is 0.227 e. The van der Waals surface area contributed by atoms with Crippen LogP contribution in [-0.2, 0) is 16.0 Å². The number of piperidine rings is 1. The number of carbonyl (C=O) groups is 2. The fraction of sp³-hybridized carbons (Fsp3) is 0.579. The molecular weight excluding hydrogens is 336 g/mol. The zero-order chi connectivity index (χ0) is 19.3. The molecule has 1 aromatic rings. The van der Waals surface area contributed by atoms with E-state index in [1.165, 1.54) is 14.2 Å².